The third-order valence-corrected chi connectivity index (χ3v) is 2.99. The fraction of sp³-hybridized carbons (Fsp3) is 0.455. The number of pyridine rings is 1. The molecule has 1 aliphatic rings. The molecule has 1 unspecified atom stereocenters. The van der Waals surface area contributed by atoms with Crippen molar-refractivity contribution in [3.05, 3.63) is 29.0 Å². The Bertz CT molecular complexity index is 397. The average Bonchev–Trinajstić information content (AvgIpc) is 2.76. The fourth-order valence-corrected chi connectivity index (χ4v) is 2.13. The minimum Gasteiger partial charge on any atom is -0.394 e. The Morgan fingerprint density at radius 1 is 1.62 bits per heavy atom. The molecule has 1 fully saturated rings. The second-order valence-electron chi connectivity index (χ2n) is 3.82. The monoisotopic (exact) mass is 240 g/mol. The van der Waals surface area contributed by atoms with E-state index < -0.39 is 0 Å². The predicted octanol–water partition coefficient (Wildman–Crippen LogP) is 1.33. The molecular weight excluding hydrogens is 228 g/mol. The Hall–Kier alpha value is -1.13. The summed E-state index contributed by atoms with van der Waals surface area (Å²) in [6.07, 6.45) is 1.78. The summed E-state index contributed by atoms with van der Waals surface area (Å²) in [4.78, 5) is 17.7. The molecule has 1 aromatic heterocycles. The van der Waals surface area contributed by atoms with Crippen LogP contribution in [0.15, 0.2) is 18.2 Å². The van der Waals surface area contributed by atoms with Gasteiger partial charge < -0.3 is 10.0 Å². The second kappa shape index (κ2) is 4.80. The van der Waals surface area contributed by atoms with Crippen LogP contribution in [0.3, 0.4) is 0 Å². The van der Waals surface area contributed by atoms with Gasteiger partial charge in [-0.3, -0.25) is 4.79 Å². The molecule has 2 rings (SSSR count). The number of likely N-dealkylation sites (tertiary alicyclic amines) is 1. The van der Waals surface area contributed by atoms with Crippen molar-refractivity contribution >= 4 is 17.5 Å². The molecule has 0 aliphatic carbocycles. The minimum absolute atomic E-state index is 0.00626. The van der Waals surface area contributed by atoms with Crippen LogP contribution in [0, 0.1) is 0 Å². The number of hydrogen-bond acceptors (Lipinski definition) is 3. The highest BCUT2D eigenvalue weighted by Crippen LogP contribution is 2.19. The molecular formula is C11H13ClN2O2. The molecule has 86 valence electrons. The standard InChI is InChI=1S/C11H13ClN2O2/c12-10-5-1-4-9(13-10)11(16)14-6-2-3-8(14)7-15/h1,4-5,8,15H,2-3,6-7H2. The van der Waals surface area contributed by atoms with Gasteiger partial charge in [-0.15, -0.1) is 0 Å². The van der Waals surface area contributed by atoms with Gasteiger partial charge >= 0.3 is 0 Å². The van der Waals surface area contributed by atoms with E-state index in [2.05, 4.69) is 4.98 Å². The molecule has 4 nitrogen and oxygen atoms in total. The van der Waals surface area contributed by atoms with Gasteiger partial charge in [0, 0.05) is 6.54 Å². The Morgan fingerprint density at radius 3 is 3.12 bits per heavy atom. The molecule has 1 atom stereocenters. The summed E-state index contributed by atoms with van der Waals surface area (Å²) in [5.74, 6) is -0.154. The van der Waals surface area contributed by atoms with Gasteiger partial charge in [-0.2, -0.15) is 0 Å². The smallest absolute Gasteiger partial charge is 0.272 e. The number of carbonyl (C=O) groups is 1. The first kappa shape index (κ1) is 11.4. The lowest BCUT2D eigenvalue weighted by atomic mass is 10.2. The van der Waals surface area contributed by atoms with Crippen molar-refractivity contribution in [2.75, 3.05) is 13.2 Å². The van der Waals surface area contributed by atoms with Crippen LogP contribution in [0.1, 0.15) is 23.3 Å². The minimum atomic E-state index is -0.154. The first-order valence-electron chi connectivity index (χ1n) is 5.27. The van der Waals surface area contributed by atoms with Crippen LogP contribution in [0.5, 0.6) is 0 Å². The van der Waals surface area contributed by atoms with Crippen molar-refractivity contribution in [1.82, 2.24) is 9.88 Å². The molecule has 1 aliphatic heterocycles. The number of aromatic nitrogens is 1. The molecule has 1 N–H and O–H groups in total. The second-order valence-corrected chi connectivity index (χ2v) is 4.21. The SMILES string of the molecule is O=C(c1cccc(Cl)n1)N1CCCC1CO. The van der Waals surface area contributed by atoms with Crippen molar-refractivity contribution in [3.8, 4) is 0 Å². The topological polar surface area (TPSA) is 53.4 Å². The largest absolute Gasteiger partial charge is 0.394 e. The number of hydrogen-bond donors (Lipinski definition) is 1. The zero-order valence-electron chi connectivity index (χ0n) is 8.77. The number of aliphatic hydroxyl groups excluding tert-OH is 1. The summed E-state index contributed by atoms with van der Waals surface area (Å²) in [6.45, 7) is 0.685. The number of amides is 1. The predicted molar refractivity (Wildman–Crippen MR) is 60.4 cm³/mol. The van der Waals surface area contributed by atoms with E-state index >= 15 is 0 Å². The van der Waals surface area contributed by atoms with E-state index in [1.54, 1.807) is 23.1 Å². The third kappa shape index (κ3) is 2.18. The van der Waals surface area contributed by atoms with Crippen LogP contribution in [-0.4, -0.2) is 40.1 Å². The van der Waals surface area contributed by atoms with Gasteiger partial charge in [0.25, 0.3) is 5.91 Å². The number of nitrogens with zero attached hydrogens (tertiary/aromatic N) is 2. The Balaban J connectivity index is 2.18. The van der Waals surface area contributed by atoms with Gasteiger partial charge in [-0.05, 0) is 25.0 Å². The van der Waals surface area contributed by atoms with E-state index in [0.29, 0.717) is 17.4 Å². The van der Waals surface area contributed by atoms with Crippen LogP contribution in [0.25, 0.3) is 0 Å². The van der Waals surface area contributed by atoms with E-state index in [1.165, 1.54) is 0 Å². The summed E-state index contributed by atoms with van der Waals surface area (Å²) < 4.78 is 0. The fourth-order valence-electron chi connectivity index (χ4n) is 1.97. The van der Waals surface area contributed by atoms with Crippen molar-refractivity contribution in [2.24, 2.45) is 0 Å². The molecule has 1 saturated heterocycles. The molecule has 2 heterocycles. The number of halogens is 1. The van der Waals surface area contributed by atoms with Crippen LogP contribution in [-0.2, 0) is 0 Å². The van der Waals surface area contributed by atoms with Crippen molar-refractivity contribution < 1.29 is 9.90 Å². The molecule has 0 radical (unpaired) electrons. The number of rotatable bonds is 2. The van der Waals surface area contributed by atoms with Gasteiger partial charge in [-0.1, -0.05) is 17.7 Å². The van der Waals surface area contributed by atoms with Crippen LogP contribution in [0.2, 0.25) is 5.15 Å². The van der Waals surface area contributed by atoms with E-state index in [0.717, 1.165) is 12.8 Å². The Labute approximate surface area is 98.9 Å². The van der Waals surface area contributed by atoms with Crippen molar-refractivity contribution in [1.29, 1.82) is 0 Å². The quantitative estimate of drug-likeness (QED) is 0.794. The molecule has 0 spiro atoms. The van der Waals surface area contributed by atoms with Gasteiger partial charge in [0.15, 0.2) is 0 Å². The molecule has 0 aromatic carbocycles. The molecule has 1 amide bonds. The summed E-state index contributed by atoms with van der Waals surface area (Å²) in [6, 6.07) is 4.90. The summed E-state index contributed by atoms with van der Waals surface area (Å²) in [7, 11) is 0. The van der Waals surface area contributed by atoms with Crippen LogP contribution in [0.4, 0.5) is 0 Å². The van der Waals surface area contributed by atoms with E-state index in [-0.39, 0.29) is 18.6 Å². The Kier molecular flexibility index (Phi) is 3.41. The summed E-state index contributed by atoms with van der Waals surface area (Å²) >= 11 is 5.73. The third-order valence-electron chi connectivity index (χ3n) is 2.78. The summed E-state index contributed by atoms with van der Waals surface area (Å²) in [5, 5.41) is 9.46. The van der Waals surface area contributed by atoms with Crippen molar-refractivity contribution in [2.45, 2.75) is 18.9 Å². The highest BCUT2D eigenvalue weighted by Gasteiger charge is 2.29. The first-order chi connectivity index (χ1) is 7.72. The maximum absolute atomic E-state index is 12.1. The lowest BCUT2D eigenvalue weighted by Gasteiger charge is -2.22. The normalized spacial score (nSPS) is 20.1. The maximum atomic E-state index is 12.1. The van der Waals surface area contributed by atoms with E-state index in [9.17, 15) is 4.79 Å². The first-order valence-corrected chi connectivity index (χ1v) is 5.64. The summed E-state index contributed by atoms with van der Waals surface area (Å²) in [5.41, 5.74) is 0.341. The number of carbonyl (C=O) groups excluding carboxylic acids is 1. The molecule has 1 aromatic rings. The van der Waals surface area contributed by atoms with E-state index in [1.807, 2.05) is 0 Å². The van der Waals surface area contributed by atoms with Crippen LogP contribution < -0.4 is 0 Å². The highest BCUT2D eigenvalue weighted by molar-refractivity contribution is 6.29. The molecule has 16 heavy (non-hydrogen) atoms. The van der Waals surface area contributed by atoms with E-state index in [4.69, 9.17) is 16.7 Å². The molecule has 5 heteroatoms. The van der Waals surface area contributed by atoms with Gasteiger partial charge in [-0.25, -0.2) is 4.98 Å². The number of aliphatic hydroxyl groups is 1. The average molecular weight is 241 g/mol. The van der Waals surface area contributed by atoms with Crippen LogP contribution >= 0.6 is 11.6 Å². The Morgan fingerprint density at radius 2 is 2.44 bits per heavy atom. The zero-order chi connectivity index (χ0) is 11.5. The lowest BCUT2D eigenvalue weighted by Crippen LogP contribution is -2.38. The van der Waals surface area contributed by atoms with Crippen molar-refractivity contribution in [3.63, 3.8) is 0 Å². The molecule has 0 saturated carbocycles. The van der Waals surface area contributed by atoms with Gasteiger partial charge in [0.2, 0.25) is 0 Å². The lowest BCUT2D eigenvalue weighted by molar-refractivity contribution is 0.0672. The maximum Gasteiger partial charge on any atom is 0.272 e. The molecule has 0 bridgehead atoms. The highest BCUT2D eigenvalue weighted by atomic mass is 35.5. The van der Waals surface area contributed by atoms with Gasteiger partial charge in [0.05, 0.1) is 12.6 Å². The zero-order valence-corrected chi connectivity index (χ0v) is 9.52. The van der Waals surface area contributed by atoms with Gasteiger partial charge in [0.1, 0.15) is 10.8 Å².